The lowest BCUT2D eigenvalue weighted by Crippen LogP contribution is -2.17. The van der Waals surface area contributed by atoms with Crippen molar-refractivity contribution in [3.05, 3.63) is 34.9 Å². The van der Waals surface area contributed by atoms with E-state index in [1.54, 1.807) is 12.1 Å². The average molecular weight is 293 g/mol. The van der Waals surface area contributed by atoms with E-state index in [0.717, 1.165) is 11.3 Å². The van der Waals surface area contributed by atoms with Crippen molar-refractivity contribution in [3.63, 3.8) is 0 Å². The molecule has 104 valence electrons. The van der Waals surface area contributed by atoms with Crippen molar-refractivity contribution < 1.29 is 14.5 Å². The van der Waals surface area contributed by atoms with E-state index in [2.05, 4.69) is 15.5 Å². The van der Waals surface area contributed by atoms with Gasteiger partial charge in [0.05, 0.1) is 6.61 Å². The minimum atomic E-state index is -0.378. The van der Waals surface area contributed by atoms with E-state index >= 15 is 0 Å². The Bertz CT molecular complexity index is 641. The van der Waals surface area contributed by atoms with Crippen molar-refractivity contribution in [2.75, 3.05) is 17.7 Å². The molecule has 1 heterocycles. The highest BCUT2D eigenvalue weighted by Crippen LogP contribution is 2.25. The molecule has 0 bridgehead atoms. The number of hydrogen-bond acceptors (Lipinski definition) is 6. The van der Waals surface area contributed by atoms with Gasteiger partial charge in [-0.1, -0.05) is 0 Å². The smallest absolute Gasteiger partial charge is 0.343 e. The molecular weight excluding hydrogens is 280 g/mol. The van der Waals surface area contributed by atoms with Crippen LogP contribution in [0.15, 0.2) is 29.6 Å². The Hall–Kier alpha value is -2.48. The third-order valence-electron chi connectivity index (χ3n) is 2.40. The van der Waals surface area contributed by atoms with E-state index in [-0.39, 0.29) is 10.9 Å². The number of carbonyl (C=O) groups is 1. The number of benzene rings is 1. The van der Waals surface area contributed by atoms with Gasteiger partial charge < -0.3 is 10.5 Å². The second-order valence-corrected chi connectivity index (χ2v) is 4.82. The number of anilines is 2. The largest absolute Gasteiger partial charge is 0.493 e. The number of thiazole rings is 1. The number of nitrogens with two attached hydrogens (primary N) is 1. The number of nitroso groups, excluding NO2 is 1. The monoisotopic (exact) mass is 293 g/mol. The Morgan fingerprint density at radius 3 is 3.00 bits per heavy atom. The number of nitrogens with one attached hydrogen (secondary N) is 2. The molecule has 1 amide bonds. The van der Waals surface area contributed by atoms with Gasteiger partial charge in [0.2, 0.25) is 5.00 Å². The van der Waals surface area contributed by atoms with Gasteiger partial charge in [-0.05, 0) is 41.6 Å². The van der Waals surface area contributed by atoms with E-state index in [9.17, 15) is 9.70 Å². The minimum absolute atomic E-state index is 0.248. The fraction of sp³-hybridized carbons (Fsp3) is 0.167. The second-order valence-electron chi connectivity index (χ2n) is 3.79. The summed E-state index contributed by atoms with van der Waals surface area (Å²) < 4.78 is 5.39. The van der Waals surface area contributed by atoms with Gasteiger partial charge in [0.15, 0.2) is 0 Å². The summed E-state index contributed by atoms with van der Waals surface area (Å²) in [4.78, 5) is 25.3. The molecular formula is C12H13N4O3S+. The molecule has 2 rings (SSSR count). The lowest BCUT2D eigenvalue weighted by atomic mass is 10.1. The van der Waals surface area contributed by atoms with E-state index in [1.165, 1.54) is 12.3 Å². The number of nitrogens with zero attached hydrogens (tertiary/aromatic N) is 1. The average Bonchev–Trinajstić information content (AvgIpc) is 2.88. The molecule has 0 aliphatic rings. The van der Waals surface area contributed by atoms with Gasteiger partial charge in [-0.25, -0.2) is 9.78 Å². The quantitative estimate of drug-likeness (QED) is 0.650. The summed E-state index contributed by atoms with van der Waals surface area (Å²) in [5.74, 6) is 0.0702. The van der Waals surface area contributed by atoms with Crippen LogP contribution >= 0.6 is 11.3 Å². The molecule has 0 aliphatic heterocycles. The van der Waals surface area contributed by atoms with Crippen molar-refractivity contribution in [2.24, 2.45) is 5.18 Å². The number of carbonyl (C=O) groups excluding carboxylic acids is 1. The van der Waals surface area contributed by atoms with Gasteiger partial charge in [-0.3, -0.25) is 0 Å². The number of amides is 1. The van der Waals surface area contributed by atoms with Crippen molar-refractivity contribution in [2.45, 2.75) is 6.92 Å². The normalized spacial score (nSPS) is 10.1. The van der Waals surface area contributed by atoms with Crippen LogP contribution in [0.4, 0.5) is 15.8 Å². The number of hydrogen-bond donors (Lipinski definition) is 2. The van der Waals surface area contributed by atoms with Gasteiger partial charge in [-0.2, -0.15) is 5.32 Å². The van der Waals surface area contributed by atoms with Crippen LogP contribution in [0.2, 0.25) is 0 Å². The molecule has 20 heavy (non-hydrogen) atoms. The number of nitrogen functional groups attached to an aromatic ring is 1. The molecule has 1 aromatic heterocycles. The highest BCUT2D eigenvalue weighted by Gasteiger charge is 2.20. The summed E-state index contributed by atoms with van der Waals surface area (Å²) in [6.07, 6.45) is 1.41. The molecule has 0 saturated carbocycles. The van der Waals surface area contributed by atoms with Gasteiger partial charge in [0.1, 0.15) is 17.5 Å². The van der Waals surface area contributed by atoms with Crippen molar-refractivity contribution in [1.29, 1.82) is 0 Å². The topological polar surface area (TPSA) is 108 Å². The Labute approximate surface area is 118 Å². The maximum Gasteiger partial charge on any atom is 0.343 e. The molecule has 0 fully saturated rings. The van der Waals surface area contributed by atoms with Crippen LogP contribution in [0.5, 0.6) is 5.75 Å². The summed E-state index contributed by atoms with van der Waals surface area (Å²) in [5, 5.41) is 6.06. The number of aromatic amines is 1. The first-order valence-electron chi connectivity index (χ1n) is 5.82. The lowest BCUT2D eigenvalue weighted by Gasteiger charge is -2.07. The van der Waals surface area contributed by atoms with Crippen LogP contribution in [0, 0.1) is 4.91 Å². The lowest BCUT2D eigenvalue weighted by molar-refractivity contribution is -0.353. The molecule has 4 N–H and O–H groups in total. The number of aromatic nitrogens is 1. The number of ether oxygens (including phenoxy) is 1. The Balaban J connectivity index is 2.23. The first-order chi connectivity index (χ1) is 9.63. The van der Waals surface area contributed by atoms with Crippen LogP contribution in [-0.4, -0.2) is 12.5 Å². The summed E-state index contributed by atoms with van der Waals surface area (Å²) in [7, 11) is 0. The first kappa shape index (κ1) is 13.9. The van der Waals surface area contributed by atoms with Gasteiger partial charge in [-0.15, -0.1) is 4.91 Å². The van der Waals surface area contributed by atoms with Crippen molar-refractivity contribution in [1.82, 2.24) is 0 Å². The van der Waals surface area contributed by atoms with Gasteiger partial charge in [0, 0.05) is 5.69 Å². The van der Waals surface area contributed by atoms with Crippen molar-refractivity contribution >= 4 is 33.1 Å². The van der Waals surface area contributed by atoms with Gasteiger partial charge in [0.25, 0.3) is 0 Å². The minimum Gasteiger partial charge on any atom is -0.493 e. The van der Waals surface area contributed by atoms with E-state index < -0.39 is 0 Å². The maximum atomic E-state index is 12.2. The van der Waals surface area contributed by atoms with Crippen molar-refractivity contribution in [3.8, 4) is 5.75 Å². The molecule has 8 heteroatoms. The fourth-order valence-electron chi connectivity index (χ4n) is 1.57. The molecule has 2 aromatic rings. The third kappa shape index (κ3) is 3.09. The molecule has 0 unspecified atom stereocenters. The molecule has 0 radical (unpaired) electrons. The van der Waals surface area contributed by atoms with E-state index in [0.29, 0.717) is 28.7 Å². The fourth-order valence-corrected chi connectivity index (χ4v) is 2.20. The molecule has 0 saturated heterocycles. The van der Waals surface area contributed by atoms with Crippen LogP contribution in [-0.2, 0) is 0 Å². The molecule has 1 aromatic carbocycles. The zero-order valence-electron chi connectivity index (χ0n) is 10.7. The number of H-pyrrole nitrogens is 1. The van der Waals surface area contributed by atoms with Crippen LogP contribution < -0.4 is 20.8 Å². The summed E-state index contributed by atoms with van der Waals surface area (Å²) >= 11 is 1.04. The SMILES string of the molecule is CCOc1ccc(N)cc1C(=O)Nc1[nH+]cc(N=O)s1. The Morgan fingerprint density at radius 2 is 2.35 bits per heavy atom. The molecule has 0 spiro atoms. The Morgan fingerprint density at radius 1 is 1.55 bits per heavy atom. The maximum absolute atomic E-state index is 12.2. The summed E-state index contributed by atoms with van der Waals surface area (Å²) in [5.41, 5.74) is 6.47. The highest BCUT2D eigenvalue weighted by molar-refractivity contribution is 7.18. The molecule has 0 atom stereocenters. The zero-order valence-corrected chi connectivity index (χ0v) is 11.5. The molecule has 7 nitrogen and oxygen atoms in total. The van der Waals surface area contributed by atoms with E-state index in [1.807, 2.05) is 6.92 Å². The first-order valence-corrected chi connectivity index (χ1v) is 6.64. The third-order valence-corrected chi connectivity index (χ3v) is 3.22. The second kappa shape index (κ2) is 6.11. The zero-order chi connectivity index (χ0) is 14.5. The predicted molar refractivity (Wildman–Crippen MR) is 76.3 cm³/mol. The Kier molecular flexibility index (Phi) is 4.26. The highest BCUT2D eigenvalue weighted by atomic mass is 32.1. The predicted octanol–water partition coefficient (Wildman–Crippen LogP) is 2.19. The standard InChI is InChI=1S/C12H12N4O3S/c1-2-19-9-4-3-7(13)5-8(9)11(17)15-12-14-6-10(16-18)20-12/h3-6H,2,13H2,1H3,(H,14,15,17)/p+1. The van der Waals surface area contributed by atoms with Crippen LogP contribution in [0.25, 0.3) is 0 Å². The summed E-state index contributed by atoms with van der Waals surface area (Å²) in [6, 6.07) is 4.84. The summed E-state index contributed by atoms with van der Waals surface area (Å²) in [6.45, 7) is 2.27. The van der Waals surface area contributed by atoms with E-state index in [4.69, 9.17) is 10.5 Å². The molecule has 0 aliphatic carbocycles. The van der Waals surface area contributed by atoms with Crippen LogP contribution in [0.3, 0.4) is 0 Å². The van der Waals surface area contributed by atoms with Crippen LogP contribution in [0.1, 0.15) is 17.3 Å². The van der Waals surface area contributed by atoms with Gasteiger partial charge >= 0.3 is 11.0 Å². The number of rotatable bonds is 5.